The van der Waals surface area contributed by atoms with Gasteiger partial charge in [0.1, 0.15) is 5.75 Å². The molecule has 1 rings (SSSR count). The molecule has 0 saturated heterocycles. The van der Waals surface area contributed by atoms with Gasteiger partial charge in [-0.3, -0.25) is 5.43 Å². The molecule has 17 heavy (non-hydrogen) atoms. The van der Waals surface area contributed by atoms with Gasteiger partial charge in [0.15, 0.2) is 0 Å². The van der Waals surface area contributed by atoms with Crippen LogP contribution in [0.4, 0.5) is 4.79 Å². The van der Waals surface area contributed by atoms with Gasteiger partial charge in [0.2, 0.25) is 0 Å². The van der Waals surface area contributed by atoms with Gasteiger partial charge in [0.25, 0.3) is 0 Å². The van der Waals surface area contributed by atoms with Crippen molar-refractivity contribution < 1.29 is 14.3 Å². The summed E-state index contributed by atoms with van der Waals surface area (Å²) >= 11 is 0. The quantitative estimate of drug-likeness (QED) is 0.770. The standard InChI is InChI=1S/C12H18N2O3/c1-4-17-12(15)14-13-9(2)10-5-7-11(16-3)8-6-10/h5-9,13H,4H2,1-3H3,(H,14,15). The molecule has 2 N–H and O–H groups in total. The third-order valence-electron chi connectivity index (χ3n) is 2.28. The van der Waals surface area contributed by atoms with Crippen LogP contribution in [0.15, 0.2) is 24.3 Å². The van der Waals surface area contributed by atoms with Crippen molar-refractivity contribution in [2.24, 2.45) is 0 Å². The first-order valence-corrected chi connectivity index (χ1v) is 5.49. The number of benzene rings is 1. The molecule has 1 amide bonds. The number of amides is 1. The van der Waals surface area contributed by atoms with Crippen molar-refractivity contribution in [1.82, 2.24) is 10.9 Å². The topological polar surface area (TPSA) is 59.6 Å². The predicted molar refractivity (Wildman–Crippen MR) is 64.7 cm³/mol. The Balaban J connectivity index is 2.46. The van der Waals surface area contributed by atoms with E-state index in [2.05, 4.69) is 10.9 Å². The zero-order valence-electron chi connectivity index (χ0n) is 10.3. The van der Waals surface area contributed by atoms with Crippen LogP contribution in [0.1, 0.15) is 25.5 Å². The average molecular weight is 238 g/mol. The van der Waals surface area contributed by atoms with E-state index in [-0.39, 0.29) is 6.04 Å². The number of hydrazine groups is 1. The molecule has 0 aliphatic carbocycles. The summed E-state index contributed by atoms with van der Waals surface area (Å²) in [4.78, 5) is 11.1. The summed E-state index contributed by atoms with van der Waals surface area (Å²) < 4.78 is 9.80. The van der Waals surface area contributed by atoms with Crippen LogP contribution in [0.5, 0.6) is 5.75 Å². The fraction of sp³-hybridized carbons (Fsp3) is 0.417. The molecular formula is C12H18N2O3. The highest BCUT2D eigenvalue weighted by molar-refractivity contribution is 5.66. The van der Waals surface area contributed by atoms with Gasteiger partial charge in [-0.15, -0.1) is 0 Å². The summed E-state index contributed by atoms with van der Waals surface area (Å²) in [5.74, 6) is 0.805. The van der Waals surface area contributed by atoms with Gasteiger partial charge in [-0.1, -0.05) is 12.1 Å². The molecule has 94 valence electrons. The van der Waals surface area contributed by atoms with Crippen LogP contribution in [0.3, 0.4) is 0 Å². The maximum absolute atomic E-state index is 11.1. The van der Waals surface area contributed by atoms with E-state index in [1.807, 2.05) is 31.2 Å². The zero-order valence-corrected chi connectivity index (χ0v) is 10.3. The van der Waals surface area contributed by atoms with E-state index in [1.165, 1.54) is 0 Å². The van der Waals surface area contributed by atoms with Crippen molar-refractivity contribution in [3.63, 3.8) is 0 Å². The molecule has 0 saturated carbocycles. The van der Waals surface area contributed by atoms with Crippen molar-refractivity contribution in [3.05, 3.63) is 29.8 Å². The van der Waals surface area contributed by atoms with Crippen molar-refractivity contribution in [2.75, 3.05) is 13.7 Å². The minimum Gasteiger partial charge on any atom is -0.497 e. The van der Waals surface area contributed by atoms with Crippen LogP contribution in [0.2, 0.25) is 0 Å². The van der Waals surface area contributed by atoms with Crippen molar-refractivity contribution in [2.45, 2.75) is 19.9 Å². The number of carbonyl (C=O) groups is 1. The lowest BCUT2D eigenvalue weighted by molar-refractivity contribution is 0.145. The van der Waals surface area contributed by atoms with E-state index in [1.54, 1.807) is 14.0 Å². The van der Waals surface area contributed by atoms with Gasteiger partial charge >= 0.3 is 6.09 Å². The highest BCUT2D eigenvalue weighted by atomic mass is 16.5. The molecule has 1 aromatic rings. The number of methoxy groups -OCH3 is 1. The van der Waals surface area contributed by atoms with Crippen LogP contribution >= 0.6 is 0 Å². The Morgan fingerprint density at radius 1 is 1.35 bits per heavy atom. The minimum absolute atomic E-state index is 0.00897. The second-order valence-electron chi connectivity index (χ2n) is 3.48. The average Bonchev–Trinajstić information content (AvgIpc) is 2.36. The van der Waals surface area contributed by atoms with E-state index in [0.29, 0.717) is 6.61 Å². The Morgan fingerprint density at radius 2 is 2.00 bits per heavy atom. The lowest BCUT2D eigenvalue weighted by Gasteiger charge is -2.15. The second kappa shape index (κ2) is 6.75. The highest BCUT2D eigenvalue weighted by Crippen LogP contribution is 2.16. The molecule has 5 heteroatoms. The van der Waals surface area contributed by atoms with E-state index < -0.39 is 6.09 Å². The maximum atomic E-state index is 11.1. The number of ether oxygens (including phenoxy) is 2. The second-order valence-corrected chi connectivity index (χ2v) is 3.48. The molecule has 1 unspecified atom stereocenters. The third-order valence-corrected chi connectivity index (χ3v) is 2.28. The number of carbonyl (C=O) groups excluding carboxylic acids is 1. The van der Waals surface area contributed by atoms with Crippen LogP contribution in [-0.2, 0) is 4.74 Å². The molecular weight excluding hydrogens is 220 g/mol. The summed E-state index contributed by atoms with van der Waals surface area (Å²) in [5.41, 5.74) is 6.37. The van der Waals surface area contributed by atoms with Crippen molar-refractivity contribution in [1.29, 1.82) is 0 Å². The first-order chi connectivity index (χ1) is 8.17. The molecule has 0 fully saturated rings. The smallest absolute Gasteiger partial charge is 0.421 e. The van der Waals surface area contributed by atoms with Gasteiger partial charge < -0.3 is 9.47 Å². The number of hydrogen-bond acceptors (Lipinski definition) is 4. The first kappa shape index (κ1) is 13.3. The molecule has 0 aromatic heterocycles. The summed E-state index contributed by atoms with van der Waals surface area (Å²) in [5, 5.41) is 0. The summed E-state index contributed by atoms with van der Waals surface area (Å²) in [6.07, 6.45) is -0.479. The molecule has 0 aliphatic rings. The zero-order chi connectivity index (χ0) is 12.7. The Labute approximate surface area is 101 Å². The summed E-state index contributed by atoms with van der Waals surface area (Å²) in [6.45, 7) is 4.05. The maximum Gasteiger partial charge on any atom is 0.421 e. The normalized spacial score (nSPS) is 11.7. The fourth-order valence-electron chi connectivity index (χ4n) is 1.31. The van der Waals surface area contributed by atoms with Crippen LogP contribution < -0.4 is 15.6 Å². The molecule has 1 atom stereocenters. The van der Waals surface area contributed by atoms with Gasteiger partial charge in [-0.2, -0.15) is 0 Å². The minimum atomic E-state index is -0.479. The lowest BCUT2D eigenvalue weighted by Crippen LogP contribution is -2.39. The van der Waals surface area contributed by atoms with Crippen LogP contribution in [-0.4, -0.2) is 19.8 Å². The Bertz CT molecular complexity index is 351. The molecule has 1 aromatic carbocycles. The van der Waals surface area contributed by atoms with Gasteiger partial charge in [-0.25, -0.2) is 10.2 Å². The van der Waals surface area contributed by atoms with Crippen molar-refractivity contribution >= 4 is 6.09 Å². The van der Waals surface area contributed by atoms with E-state index in [9.17, 15) is 4.79 Å². The first-order valence-electron chi connectivity index (χ1n) is 5.49. The van der Waals surface area contributed by atoms with Crippen molar-refractivity contribution in [3.8, 4) is 5.75 Å². The highest BCUT2D eigenvalue weighted by Gasteiger charge is 2.06. The number of nitrogens with one attached hydrogen (secondary N) is 2. The third kappa shape index (κ3) is 4.32. The van der Waals surface area contributed by atoms with Gasteiger partial charge in [0.05, 0.1) is 13.7 Å². The monoisotopic (exact) mass is 238 g/mol. The molecule has 0 aliphatic heterocycles. The van der Waals surface area contributed by atoms with Crippen LogP contribution in [0.25, 0.3) is 0 Å². The number of rotatable bonds is 5. The largest absolute Gasteiger partial charge is 0.497 e. The van der Waals surface area contributed by atoms with Gasteiger partial charge in [0, 0.05) is 6.04 Å². The Kier molecular flexibility index (Phi) is 5.29. The fourth-order valence-corrected chi connectivity index (χ4v) is 1.31. The predicted octanol–water partition coefficient (Wildman–Crippen LogP) is 2.01. The number of hydrogen-bond donors (Lipinski definition) is 2. The summed E-state index contributed by atoms with van der Waals surface area (Å²) in [6, 6.07) is 7.60. The molecule has 0 heterocycles. The van der Waals surface area contributed by atoms with E-state index >= 15 is 0 Å². The SMILES string of the molecule is CCOC(=O)NNC(C)c1ccc(OC)cc1. The van der Waals surface area contributed by atoms with E-state index in [0.717, 1.165) is 11.3 Å². The Hall–Kier alpha value is -1.75. The summed E-state index contributed by atoms with van der Waals surface area (Å²) in [7, 11) is 1.62. The lowest BCUT2D eigenvalue weighted by atomic mass is 10.1. The van der Waals surface area contributed by atoms with E-state index in [4.69, 9.17) is 9.47 Å². The van der Waals surface area contributed by atoms with Crippen LogP contribution in [0, 0.1) is 0 Å². The molecule has 0 spiro atoms. The Morgan fingerprint density at radius 3 is 2.53 bits per heavy atom. The molecule has 5 nitrogen and oxygen atoms in total. The van der Waals surface area contributed by atoms with Gasteiger partial charge in [-0.05, 0) is 31.5 Å². The molecule has 0 bridgehead atoms. The molecule has 0 radical (unpaired) electrons.